The molecule has 0 fully saturated rings. The van der Waals surface area contributed by atoms with Gasteiger partial charge in [-0.1, -0.05) is 12.1 Å². The topological polar surface area (TPSA) is 70.1 Å². The Balaban J connectivity index is 2.12. The first-order valence-electron chi connectivity index (χ1n) is 7.29. The summed E-state index contributed by atoms with van der Waals surface area (Å²) < 4.78 is 7.22. The second kappa shape index (κ2) is 5.83. The highest BCUT2D eigenvalue weighted by atomic mass is 16.6. The zero-order valence-corrected chi connectivity index (χ0v) is 13.8. The number of aryl methyl sites for hydroxylation is 1. The van der Waals surface area contributed by atoms with Crippen LogP contribution in [0.1, 0.15) is 48.1 Å². The largest absolute Gasteiger partial charge is 0.456 e. The summed E-state index contributed by atoms with van der Waals surface area (Å²) in [6, 6.07) is 7.37. The first-order chi connectivity index (χ1) is 10.2. The summed E-state index contributed by atoms with van der Waals surface area (Å²) in [6.07, 6.45) is 0. The van der Waals surface area contributed by atoms with Gasteiger partial charge in [-0.05, 0) is 52.3 Å². The molecule has 0 aliphatic rings. The van der Waals surface area contributed by atoms with Crippen molar-refractivity contribution in [3.05, 3.63) is 46.8 Å². The van der Waals surface area contributed by atoms with Crippen molar-refractivity contribution in [2.45, 2.75) is 46.8 Å². The fraction of sp³-hybridized carbons (Fsp3) is 0.412. The third-order valence-electron chi connectivity index (χ3n) is 3.36. The molecule has 0 aliphatic heterocycles. The smallest absolute Gasteiger partial charge is 0.338 e. The minimum Gasteiger partial charge on any atom is -0.456 e. The van der Waals surface area contributed by atoms with Crippen molar-refractivity contribution in [3.63, 3.8) is 0 Å². The Kier molecular flexibility index (Phi) is 4.26. The van der Waals surface area contributed by atoms with Gasteiger partial charge in [0.15, 0.2) is 0 Å². The van der Waals surface area contributed by atoms with Crippen LogP contribution in [0.4, 0.5) is 5.69 Å². The minimum absolute atomic E-state index is 0.311. The van der Waals surface area contributed by atoms with E-state index < -0.39 is 5.60 Å². The lowest BCUT2D eigenvalue weighted by Crippen LogP contribution is -2.23. The number of ether oxygens (including phenoxy) is 1. The highest BCUT2D eigenvalue weighted by Gasteiger charge is 2.17. The molecule has 0 radical (unpaired) electrons. The van der Waals surface area contributed by atoms with E-state index in [0.29, 0.717) is 12.1 Å². The van der Waals surface area contributed by atoms with Crippen molar-refractivity contribution in [2.24, 2.45) is 0 Å². The van der Waals surface area contributed by atoms with Crippen LogP contribution >= 0.6 is 0 Å². The van der Waals surface area contributed by atoms with Crippen LogP contribution in [0.2, 0.25) is 0 Å². The number of esters is 1. The standard InChI is InChI=1S/C17H23N3O2/c1-11-15(18)12(2)20(19-11)10-13-6-8-14(9-7-13)16(21)22-17(3,4)5/h6-9H,10,18H2,1-5H3. The number of nitrogens with two attached hydrogens (primary N) is 1. The fourth-order valence-electron chi connectivity index (χ4n) is 2.12. The molecule has 22 heavy (non-hydrogen) atoms. The van der Waals surface area contributed by atoms with Gasteiger partial charge in [-0.3, -0.25) is 4.68 Å². The lowest BCUT2D eigenvalue weighted by atomic mass is 10.1. The highest BCUT2D eigenvalue weighted by molar-refractivity contribution is 5.89. The zero-order valence-electron chi connectivity index (χ0n) is 13.8. The van der Waals surface area contributed by atoms with E-state index in [2.05, 4.69) is 5.10 Å². The summed E-state index contributed by atoms with van der Waals surface area (Å²) >= 11 is 0. The number of carbonyl (C=O) groups is 1. The van der Waals surface area contributed by atoms with Crippen molar-refractivity contribution >= 4 is 11.7 Å². The summed E-state index contributed by atoms with van der Waals surface area (Å²) in [6.45, 7) is 10.0. The average Bonchev–Trinajstić information content (AvgIpc) is 2.65. The predicted octanol–water partition coefficient (Wildman–Crippen LogP) is 3.09. The number of carbonyl (C=O) groups excluding carboxylic acids is 1. The Morgan fingerprint density at radius 3 is 2.27 bits per heavy atom. The molecular formula is C17H23N3O2. The van der Waals surface area contributed by atoms with Gasteiger partial charge in [-0.25, -0.2) is 4.79 Å². The molecule has 0 aliphatic carbocycles. The highest BCUT2D eigenvalue weighted by Crippen LogP contribution is 2.17. The summed E-state index contributed by atoms with van der Waals surface area (Å²) in [4.78, 5) is 12.0. The van der Waals surface area contributed by atoms with Crippen molar-refractivity contribution in [1.82, 2.24) is 9.78 Å². The Bertz CT molecular complexity index is 679. The number of benzene rings is 1. The molecule has 5 nitrogen and oxygen atoms in total. The second-order valence-electron chi connectivity index (χ2n) is 6.44. The Morgan fingerprint density at radius 2 is 1.82 bits per heavy atom. The lowest BCUT2D eigenvalue weighted by Gasteiger charge is -2.19. The van der Waals surface area contributed by atoms with Crippen LogP contribution < -0.4 is 5.73 Å². The minimum atomic E-state index is -0.489. The summed E-state index contributed by atoms with van der Waals surface area (Å²) in [5.41, 5.74) is 9.56. The van der Waals surface area contributed by atoms with Gasteiger partial charge in [0.1, 0.15) is 5.60 Å². The van der Waals surface area contributed by atoms with Crippen LogP contribution in [0.5, 0.6) is 0 Å². The first-order valence-corrected chi connectivity index (χ1v) is 7.29. The molecule has 0 saturated heterocycles. The monoisotopic (exact) mass is 301 g/mol. The van der Waals surface area contributed by atoms with Crippen LogP contribution in [0.3, 0.4) is 0 Å². The van der Waals surface area contributed by atoms with Crippen LogP contribution in [0, 0.1) is 13.8 Å². The van der Waals surface area contributed by atoms with Gasteiger partial charge in [0, 0.05) is 0 Å². The number of hydrogen-bond donors (Lipinski definition) is 1. The molecule has 0 amide bonds. The normalized spacial score (nSPS) is 11.5. The fourth-order valence-corrected chi connectivity index (χ4v) is 2.12. The van der Waals surface area contributed by atoms with Gasteiger partial charge in [0.2, 0.25) is 0 Å². The van der Waals surface area contributed by atoms with Gasteiger partial charge >= 0.3 is 5.97 Å². The van der Waals surface area contributed by atoms with Crippen LogP contribution in [-0.4, -0.2) is 21.4 Å². The van der Waals surface area contributed by atoms with Gasteiger partial charge in [-0.15, -0.1) is 0 Å². The van der Waals surface area contributed by atoms with E-state index in [1.165, 1.54) is 0 Å². The summed E-state index contributed by atoms with van der Waals surface area (Å²) in [5, 5.41) is 4.41. The molecule has 2 rings (SSSR count). The van der Waals surface area contributed by atoms with Crippen LogP contribution in [0.15, 0.2) is 24.3 Å². The predicted molar refractivity (Wildman–Crippen MR) is 86.8 cm³/mol. The molecule has 1 heterocycles. The van der Waals surface area contributed by atoms with E-state index >= 15 is 0 Å². The second-order valence-corrected chi connectivity index (χ2v) is 6.44. The molecule has 0 spiro atoms. The van der Waals surface area contributed by atoms with E-state index in [9.17, 15) is 4.79 Å². The SMILES string of the molecule is Cc1nn(Cc2ccc(C(=O)OC(C)(C)C)cc2)c(C)c1N. The van der Waals surface area contributed by atoms with Crippen LogP contribution in [0.25, 0.3) is 0 Å². The van der Waals surface area contributed by atoms with Gasteiger partial charge in [0.25, 0.3) is 0 Å². The molecule has 1 aromatic carbocycles. The summed E-state index contributed by atoms with van der Waals surface area (Å²) in [7, 11) is 0. The molecule has 5 heteroatoms. The van der Waals surface area contributed by atoms with Crippen molar-refractivity contribution in [2.75, 3.05) is 5.73 Å². The van der Waals surface area contributed by atoms with Gasteiger partial charge in [-0.2, -0.15) is 5.10 Å². The Morgan fingerprint density at radius 1 is 1.23 bits per heavy atom. The maximum Gasteiger partial charge on any atom is 0.338 e. The van der Waals surface area contributed by atoms with Crippen molar-refractivity contribution < 1.29 is 9.53 Å². The van der Waals surface area contributed by atoms with Gasteiger partial charge < -0.3 is 10.5 Å². The van der Waals surface area contributed by atoms with E-state index in [0.717, 1.165) is 22.6 Å². The molecular weight excluding hydrogens is 278 g/mol. The molecule has 1 aromatic heterocycles. The maximum atomic E-state index is 12.0. The number of nitrogen functional groups attached to an aromatic ring is 1. The maximum absolute atomic E-state index is 12.0. The first kappa shape index (κ1) is 16.1. The van der Waals surface area contributed by atoms with Crippen molar-refractivity contribution in [1.29, 1.82) is 0 Å². The van der Waals surface area contributed by atoms with E-state index in [4.69, 9.17) is 10.5 Å². The summed E-state index contributed by atoms with van der Waals surface area (Å²) in [5.74, 6) is -0.311. The quantitative estimate of drug-likeness (QED) is 0.884. The van der Waals surface area contributed by atoms with E-state index in [1.54, 1.807) is 12.1 Å². The number of nitrogens with zero attached hydrogens (tertiary/aromatic N) is 2. The average molecular weight is 301 g/mol. The Labute approximate surface area is 131 Å². The number of hydrogen-bond acceptors (Lipinski definition) is 4. The van der Waals surface area contributed by atoms with E-state index in [1.807, 2.05) is 51.4 Å². The zero-order chi connectivity index (χ0) is 16.5. The molecule has 118 valence electrons. The molecule has 0 atom stereocenters. The lowest BCUT2D eigenvalue weighted by molar-refractivity contribution is 0.00695. The third-order valence-corrected chi connectivity index (χ3v) is 3.36. The van der Waals surface area contributed by atoms with Crippen molar-refractivity contribution in [3.8, 4) is 0 Å². The molecule has 2 aromatic rings. The van der Waals surface area contributed by atoms with E-state index in [-0.39, 0.29) is 5.97 Å². The molecule has 0 unspecified atom stereocenters. The number of aromatic nitrogens is 2. The molecule has 0 bridgehead atoms. The molecule has 2 N–H and O–H groups in total. The molecule has 0 saturated carbocycles. The third kappa shape index (κ3) is 3.67. The Hall–Kier alpha value is -2.30. The number of rotatable bonds is 3. The van der Waals surface area contributed by atoms with Crippen LogP contribution in [-0.2, 0) is 11.3 Å². The van der Waals surface area contributed by atoms with Gasteiger partial charge in [0.05, 0.1) is 29.2 Å². The number of anilines is 1.